The van der Waals surface area contributed by atoms with Crippen molar-refractivity contribution < 1.29 is 10.2 Å². The lowest BCUT2D eigenvalue weighted by atomic mass is 9.84. The summed E-state index contributed by atoms with van der Waals surface area (Å²) >= 11 is 0. The average Bonchev–Trinajstić information content (AvgIpc) is 2.41. The molecule has 1 aromatic rings. The van der Waals surface area contributed by atoms with Crippen molar-refractivity contribution in [1.82, 2.24) is 0 Å². The molecule has 2 N–H and O–H groups in total. The van der Waals surface area contributed by atoms with E-state index in [2.05, 4.69) is 30.3 Å². The van der Waals surface area contributed by atoms with E-state index in [1.54, 1.807) is 5.56 Å². The maximum absolute atomic E-state index is 7.62. The summed E-state index contributed by atoms with van der Waals surface area (Å²) in [5.74, 6) is 0.861. The molecule has 0 aromatic heterocycles. The topological polar surface area (TPSA) is 40.5 Å². The lowest BCUT2D eigenvalue weighted by Gasteiger charge is -2.21. The van der Waals surface area contributed by atoms with Crippen molar-refractivity contribution in [2.75, 3.05) is 13.2 Å². The van der Waals surface area contributed by atoms with E-state index >= 15 is 0 Å². The van der Waals surface area contributed by atoms with Crippen LogP contribution in [-0.4, -0.2) is 23.4 Å². The van der Waals surface area contributed by atoms with Crippen LogP contribution in [0.15, 0.2) is 30.3 Å². The number of aliphatic hydroxyl groups is 2. The molecule has 0 radical (unpaired) electrons. The summed E-state index contributed by atoms with van der Waals surface area (Å²) in [6.45, 7) is -0.250. The van der Waals surface area contributed by atoms with Crippen LogP contribution in [-0.2, 0) is 0 Å². The molecule has 1 fully saturated rings. The van der Waals surface area contributed by atoms with Crippen molar-refractivity contribution in [3.8, 4) is 0 Å². The second-order valence-electron chi connectivity index (χ2n) is 4.19. The first-order valence-corrected chi connectivity index (χ1v) is 6.15. The maximum Gasteiger partial charge on any atom is 0.0662 e. The van der Waals surface area contributed by atoms with E-state index in [1.165, 1.54) is 32.1 Å². The van der Waals surface area contributed by atoms with Crippen LogP contribution in [0.5, 0.6) is 0 Å². The van der Waals surface area contributed by atoms with Crippen LogP contribution in [0.4, 0.5) is 0 Å². The molecule has 2 heteroatoms. The second kappa shape index (κ2) is 8.31. The highest BCUT2D eigenvalue weighted by molar-refractivity contribution is 5.19. The van der Waals surface area contributed by atoms with Gasteiger partial charge in [-0.25, -0.2) is 0 Å². The summed E-state index contributed by atoms with van der Waals surface area (Å²) in [5, 5.41) is 15.2. The molecule has 16 heavy (non-hydrogen) atoms. The fourth-order valence-corrected chi connectivity index (χ4v) is 2.16. The van der Waals surface area contributed by atoms with Crippen LogP contribution < -0.4 is 0 Å². The molecule has 0 unspecified atom stereocenters. The van der Waals surface area contributed by atoms with Gasteiger partial charge in [0.25, 0.3) is 0 Å². The molecule has 0 bridgehead atoms. The Morgan fingerprint density at radius 3 is 1.94 bits per heavy atom. The van der Waals surface area contributed by atoms with Crippen LogP contribution in [0.3, 0.4) is 0 Å². The van der Waals surface area contributed by atoms with E-state index in [-0.39, 0.29) is 13.2 Å². The first-order chi connectivity index (χ1) is 7.88. The van der Waals surface area contributed by atoms with E-state index < -0.39 is 0 Å². The molecule has 2 nitrogen and oxygen atoms in total. The Kier molecular flexibility index (Phi) is 6.86. The van der Waals surface area contributed by atoms with Crippen molar-refractivity contribution in [2.45, 2.75) is 38.0 Å². The van der Waals surface area contributed by atoms with Gasteiger partial charge in [-0.3, -0.25) is 0 Å². The van der Waals surface area contributed by atoms with Crippen LogP contribution in [0, 0.1) is 0 Å². The minimum atomic E-state index is -0.125. The number of hydrogen-bond donors (Lipinski definition) is 2. The predicted octanol–water partition coefficient (Wildman–Crippen LogP) is 2.71. The SMILES string of the molecule is OCCO.c1ccc(C2CCCCC2)cc1. The first-order valence-electron chi connectivity index (χ1n) is 6.15. The zero-order valence-corrected chi connectivity index (χ0v) is 9.81. The Hall–Kier alpha value is -0.860. The monoisotopic (exact) mass is 222 g/mol. The van der Waals surface area contributed by atoms with Gasteiger partial charge in [-0.2, -0.15) is 0 Å². The van der Waals surface area contributed by atoms with Crippen LogP contribution in [0.1, 0.15) is 43.6 Å². The van der Waals surface area contributed by atoms with Crippen molar-refractivity contribution in [3.63, 3.8) is 0 Å². The molecule has 0 saturated heterocycles. The zero-order chi connectivity index (χ0) is 11.6. The molecular formula is C14H22O2. The largest absolute Gasteiger partial charge is 0.394 e. The first kappa shape index (κ1) is 13.2. The van der Waals surface area contributed by atoms with Crippen LogP contribution >= 0.6 is 0 Å². The molecule has 0 aliphatic heterocycles. The lowest BCUT2D eigenvalue weighted by molar-refractivity contribution is 0.186. The van der Waals surface area contributed by atoms with Gasteiger partial charge in [0.05, 0.1) is 13.2 Å². The molecule has 1 aliphatic rings. The molecule has 0 amide bonds. The maximum atomic E-state index is 7.62. The van der Waals surface area contributed by atoms with Gasteiger partial charge < -0.3 is 10.2 Å². The highest BCUT2D eigenvalue weighted by atomic mass is 16.3. The molecule has 1 aromatic carbocycles. The molecule has 2 rings (SSSR count). The van der Waals surface area contributed by atoms with Crippen molar-refractivity contribution >= 4 is 0 Å². The Labute approximate surface area is 97.9 Å². The van der Waals surface area contributed by atoms with Gasteiger partial charge in [-0.1, -0.05) is 49.6 Å². The van der Waals surface area contributed by atoms with Gasteiger partial charge in [0.1, 0.15) is 0 Å². The highest BCUT2D eigenvalue weighted by Crippen LogP contribution is 2.31. The Bertz CT molecular complexity index is 251. The molecule has 1 aliphatic carbocycles. The smallest absolute Gasteiger partial charge is 0.0662 e. The Morgan fingerprint density at radius 2 is 1.44 bits per heavy atom. The number of aliphatic hydroxyl groups excluding tert-OH is 2. The number of hydrogen-bond acceptors (Lipinski definition) is 2. The summed E-state index contributed by atoms with van der Waals surface area (Å²) in [5.41, 5.74) is 1.55. The third kappa shape index (κ3) is 4.77. The molecule has 0 heterocycles. The van der Waals surface area contributed by atoms with Gasteiger partial charge in [0.2, 0.25) is 0 Å². The quantitative estimate of drug-likeness (QED) is 0.807. The summed E-state index contributed by atoms with van der Waals surface area (Å²) in [6.07, 6.45) is 7.12. The molecule has 1 saturated carbocycles. The molecule has 0 spiro atoms. The third-order valence-electron chi connectivity index (χ3n) is 2.98. The van der Waals surface area contributed by atoms with Gasteiger partial charge in [0.15, 0.2) is 0 Å². The van der Waals surface area contributed by atoms with Gasteiger partial charge in [0, 0.05) is 0 Å². The molecular weight excluding hydrogens is 200 g/mol. The molecule has 0 atom stereocenters. The summed E-state index contributed by atoms with van der Waals surface area (Å²) in [4.78, 5) is 0. The Morgan fingerprint density at radius 1 is 0.875 bits per heavy atom. The number of rotatable bonds is 2. The van der Waals surface area contributed by atoms with E-state index in [4.69, 9.17) is 10.2 Å². The van der Waals surface area contributed by atoms with Crippen molar-refractivity contribution in [2.24, 2.45) is 0 Å². The third-order valence-corrected chi connectivity index (χ3v) is 2.98. The average molecular weight is 222 g/mol. The fourth-order valence-electron chi connectivity index (χ4n) is 2.16. The van der Waals surface area contributed by atoms with E-state index in [1.807, 2.05) is 0 Å². The highest BCUT2D eigenvalue weighted by Gasteiger charge is 2.14. The van der Waals surface area contributed by atoms with Gasteiger partial charge in [-0.15, -0.1) is 0 Å². The minimum absolute atomic E-state index is 0.125. The molecule has 90 valence electrons. The normalized spacial score (nSPS) is 16.4. The van der Waals surface area contributed by atoms with Gasteiger partial charge in [-0.05, 0) is 24.3 Å². The minimum Gasteiger partial charge on any atom is -0.394 e. The van der Waals surface area contributed by atoms with Crippen LogP contribution in [0.2, 0.25) is 0 Å². The number of benzene rings is 1. The van der Waals surface area contributed by atoms with E-state index in [0.717, 1.165) is 5.92 Å². The zero-order valence-electron chi connectivity index (χ0n) is 9.81. The fraction of sp³-hybridized carbons (Fsp3) is 0.571. The van der Waals surface area contributed by atoms with E-state index in [0.29, 0.717) is 0 Å². The predicted molar refractivity (Wildman–Crippen MR) is 66.4 cm³/mol. The lowest BCUT2D eigenvalue weighted by Crippen LogP contribution is -2.03. The summed E-state index contributed by atoms with van der Waals surface area (Å²) in [6, 6.07) is 11.0. The van der Waals surface area contributed by atoms with E-state index in [9.17, 15) is 0 Å². The van der Waals surface area contributed by atoms with Crippen LogP contribution in [0.25, 0.3) is 0 Å². The van der Waals surface area contributed by atoms with Crippen molar-refractivity contribution in [1.29, 1.82) is 0 Å². The standard InChI is InChI=1S/C12H16.C2H6O2/c1-3-7-11(8-4-1)12-9-5-2-6-10-12;3-1-2-4/h1,3-4,7-8,12H,2,5-6,9-10H2;3-4H,1-2H2. The van der Waals surface area contributed by atoms with Crippen molar-refractivity contribution in [3.05, 3.63) is 35.9 Å². The van der Waals surface area contributed by atoms with Gasteiger partial charge >= 0.3 is 0 Å². The Balaban J connectivity index is 0.000000280. The summed E-state index contributed by atoms with van der Waals surface area (Å²) < 4.78 is 0. The summed E-state index contributed by atoms with van der Waals surface area (Å²) in [7, 11) is 0. The second-order valence-corrected chi connectivity index (χ2v) is 4.19.